The number of sulfonamides is 1. The van der Waals surface area contributed by atoms with Crippen LogP contribution in [0.5, 0.6) is 0 Å². The summed E-state index contributed by atoms with van der Waals surface area (Å²) in [4.78, 5) is 0.322. The van der Waals surface area contributed by atoms with Crippen molar-refractivity contribution in [3.05, 3.63) is 65.7 Å². The summed E-state index contributed by atoms with van der Waals surface area (Å²) < 4.78 is 27.4. The molecule has 2 aromatic rings. The van der Waals surface area contributed by atoms with E-state index in [0.717, 1.165) is 18.4 Å². The van der Waals surface area contributed by atoms with Crippen molar-refractivity contribution in [3.63, 3.8) is 0 Å². The highest BCUT2D eigenvalue weighted by atomic mass is 32.2. The summed E-state index contributed by atoms with van der Waals surface area (Å²) in [6, 6.07) is 17.6. The highest BCUT2D eigenvalue weighted by Gasteiger charge is 2.23. The molecule has 0 spiro atoms. The van der Waals surface area contributed by atoms with Crippen molar-refractivity contribution < 1.29 is 8.42 Å². The summed E-state index contributed by atoms with van der Waals surface area (Å²) >= 11 is 0. The zero-order valence-electron chi connectivity index (χ0n) is 11.0. The SMILES string of the molecule is O=S(=O)(NC1CCc2ccc[c]c2C1)c1ccccc1. The molecule has 3 nitrogen and oxygen atoms in total. The standard InChI is InChI=1S/C16H16NO2S/c18-20(19,16-8-2-1-3-9-16)17-15-11-10-13-6-4-5-7-14(13)12-15/h1-6,8-9,15,17H,10-12H2. The van der Waals surface area contributed by atoms with Gasteiger partial charge in [0.2, 0.25) is 10.0 Å². The molecule has 1 unspecified atom stereocenters. The smallest absolute Gasteiger partial charge is 0.208 e. The molecule has 0 aromatic heterocycles. The third kappa shape index (κ3) is 2.76. The van der Waals surface area contributed by atoms with E-state index in [1.54, 1.807) is 24.3 Å². The van der Waals surface area contributed by atoms with Gasteiger partial charge in [0.05, 0.1) is 4.90 Å². The van der Waals surface area contributed by atoms with Crippen LogP contribution in [0.2, 0.25) is 0 Å². The Morgan fingerprint density at radius 3 is 2.70 bits per heavy atom. The van der Waals surface area contributed by atoms with Crippen LogP contribution in [0.4, 0.5) is 0 Å². The molecule has 0 bridgehead atoms. The molecule has 1 atom stereocenters. The Hall–Kier alpha value is -1.65. The van der Waals surface area contributed by atoms with E-state index in [4.69, 9.17) is 0 Å². The molecule has 0 saturated carbocycles. The predicted molar refractivity (Wildman–Crippen MR) is 77.9 cm³/mol. The van der Waals surface area contributed by atoms with Gasteiger partial charge in [-0.2, -0.15) is 0 Å². The Labute approximate surface area is 119 Å². The number of benzene rings is 2. The fourth-order valence-electron chi connectivity index (χ4n) is 2.60. The van der Waals surface area contributed by atoms with Crippen LogP contribution in [-0.4, -0.2) is 14.5 Å². The van der Waals surface area contributed by atoms with E-state index in [1.807, 2.05) is 18.2 Å². The Bertz CT molecular complexity index is 695. The van der Waals surface area contributed by atoms with Crippen LogP contribution in [0.25, 0.3) is 0 Å². The summed E-state index contributed by atoms with van der Waals surface area (Å²) in [5, 5.41) is 0. The molecule has 0 saturated heterocycles. The lowest BCUT2D eigenvalue weighted by atomic mass is 9.89. The molecule has 1 aliphatic rings. The minimum atomic E-state index is -3.43. The number of aryl methyl sites for hydroxylation is 1. The third-order valence-corrected chi connectivity index (χ3v) is 5.16. The Morgan fingerprint density at radius 2 is 1.90 bits per heavy atom. The first-order valence-electron chi connectivity index (χ1n) is 6.71. The number of fused-ring (bicyclic) bond motifs is 1. The molecule has 3 rings (SSSR count). The summed E-state index contributed by atoms with van der Waals surface area (Å²) in [6.07, 6.45) is 2.44. The van der Waals surface area contributed by atoms with Crippen LogP contribution in [0, 0.1) is 6.07 Å². The second kappa shape index (κ2) is 5.38. The van der Waals surface area contributed by atoms with E-state index < -0.39 is 10.0 Å². The fourth-order valence-corrected chi connectivity index (χ4v) is 3.89. The van der Waals surface area contributed by atoms with Gasteiger partial charge in [0.15, 0.2) is 0 Å². The van der Waals surface area contributed by atoms with Gasteiger partial charge < -0.3 is 0 Å². The number of rotatable bonds is 3. The second-order valence-electron chi connectivity index (χ2n) is 5.05. The minimum Gasteiger partial charge on any atom is -0.208 e. The van der Waals surface area contributed by atoms with Crippen molar-refractivity contribution in [1.82, 2.24) is 4.72 Å². The van der Waals surface area contributed by atoms with Crippen LogP contribution in [0.3, 0.4) is 0 Å². The Balaban J connectivity index is 1.77. The van der Waals surface area contributed by atoms with Crippen molar-refractivity contribution in [2.45, 2.75) is 30.2 Å². The molecule has 1 radical (unpaired) electrons. The monoisotopic (exact) mass is 286 g/mol. The van der Waals surface area contributed by atoms with Gasteiger partial charge in [-0.25, -0.2) is 13.1 Å². The van der Waals surface area contributed by atoms with Gasteiger partial charge >= 0.3 is 0 Å². The van der Waals surface area contributed by atoms with Gasteiger partial charge in [-0.3, -0.25) is 0 Å². The maximum Gasteiger partial charge on any atom is 0.240 e. The lowest BCUT2D eigenvalue weighted by Crippen LogP contribution is -2.38. The predicted octanol–water partition coefficient (Wildman–Crippen LogP) is 2.32. The van der Waals surface area contributed by atoms with Gasteiger partial charge in [0, 0.05) is 6.04 Å². The molecule has 20 heavy (non-hydrogen) atoms. The molecule has 0 amide bonds. The average molecular weight is 286 g/mol. The van der Waals surface area contributed by atoms with Crippen molar-refractivity contribution >= 4 is 10.0 Å². The summed E-state index contributed by atoms with van der Waals surface area (Å²) in [6.45, 7) is 0. The lowest BCUT2D eigenvalue weighted by Gasteiger charge is -2.25. The first-order chi connectivity index (χ1) is 9.65. The fraction of sp³-hybridized carbons (Fsp3) is 0.250. The highest BCUT2D eigenvalue weighted by molar-refractivity contribution is 7.89. The van der Waals surface area contributed by atoms with Crippen molar-refractivity contribution in [2.24, 2.45) is 0 Å². The average Bonchev–Trinajstić information content (AvgIpc) is 2.48. The molecule has 1 N–H and O–H groups in total. The maximum absolute atomic E-state index is 12.3. The molecule has 0 fully saturated rings. The van der Waals surface area contributed by atoms with Gasteiger partial charge in [0.25, 0.3) is 0 Å². The van der Waals surface area contributed by atoms with Crippen LogP contribution < -0.4 is 4.72 Å². The van der Waals surface area contributed by atoms with E-state index in [0.29, 0.717) is 11.3 Å². The quantitative estimate of drug-likeness (QED) is 0.941. The Kier molecular flexibility index (Phi) is 3.59. The van der Waals surface area contributed by atoms with E-state index in [9.17, 15) is 8.42 Å². The van der Waals surface area contributed by atoms with Crippen LogP contribution >= 0.6 is 0 Å². The molecular formula is C16H16NO2S. The van der Waals surface area contributed by atoms with E-state index >= 15 is 0 Å². The van der Waals surface area contributed by atoms with Crippen molar-refractivity contribution in [1.29, 1.82) is 0 Å². The Morgan fingerprint density at radius 1 is 1.10 bits per heavy atom. The van der Waals surface area contributed by atoms with E-state index in [2.05, 4.69) is 16.9 Å². The molecule has 4 heteroatoms. The zero-order valence-corrected chi connectivity index (χ0v) is 11.9. The highest BCUT2D eigenvalue weighted by Crippen LogP contribution is 2.22. The number of hydrogen-bond donors (Lipinski definition) is 1. The van der Waals surface area contributed by atoms with Crippen LogP contribution in [-0.2, 0) is 22.9 Å². The zero-order chi connectivity index (χ0) is 14.0. The molecule has 103 valence electrons. The summed E-state index contributed by atoms with van der Waals surface area (Å²) in [5.74, 6) is 0. The minimum absolute atomic E-state index is 0.0497. The first-order valence-corrected chi connectivity index (χ1v) is 8.19. The molecular weight excluding hydrogens is 270 g/mol. The second-order valence-corrected chi connectivity index (χ2v) is 6.76. The van der Waals surface area contributed by atoms with Crippen LogP contribution in [0.1, 0.15) is 17.5 Å². The normalized spacial score (nSPS) is 18.5. The van der Waals surface area contributed by atoms with Crippen LogP contribution in [0.15, 0.2) is 53.4 Å². The van der Waals surface area contributed by atoms with Gasteiger partial charge in [0.1, 0.15) is 0 Å². The largest absolute Gasteiger partial charge is 0.240 e. The number of nitrogens with one attached hydrogen (secondary N) is 1. The maximum atomic E-state index is 12.3. The number of hydrogen-bond acceptors (Lipinski definition) is 2. The lowest BCUT2D eigenvalue weighted by molar-refractivity contribution is 0.507. The molecule has 1 aliphatic carbocycles. The first kappa shape index (κ1) is 13.3. The van der Waals surface area contributed by atoms with Crippen molar-refractivity contribution in [3.8, 4) is 0 Å². The molecule has 2 aromatic carbocycles. The molecule has 0 aliphatic heterocycles. The topological polar surface area (TPSA) is 46.2 Å². The van der Waals surface area contributed by atoms with Gasteiger partial charge in [-0.15, -0.1) is 0 Å². The van der Waals surface area contributed by atoms with Crippen molar-refractivity contribution in [2.75, 3.05) is 0 Å². The van der Waals surface area contributed by atoms with Gasteiger partial charge in [-0.05, 0) is 48.6 Å². The van der Waals surface area contributed by atoms with E-state index in [-0.39, 0.29) is 6.04 Å². The summed E-state index contributed by atoms with van der Waals surface area (Å²) in [5.41, 5.74) is 2.40. The molecule has 0 heterocycles. The summed E-state index contributed by atoms with van der Waals surface area (Å²) in [7, 11) is -3.43. The third-order valence-electron chi connectivity index (χ3n) is 3.63. The van der Waals surface area contributed by atoms with Gasteiger partial charge in [-0.1, -0.05) is 36.4 Å². The van der Waals surface area contributed by atoms with E-state index in [1.165, 1.54) is 5.56 Å².